The Morgan fingerprint density at radius 1 is 1.15 bits per heavy atom. The summed E-state index contributed by atoms with van der Waals surface area (Å²) < 4.78 is 33.9. The van der Waals surface area contributed by atoms with Gasteiger partial charge in [0.2, 0.25) is 10.0 Å². The van der Waals surface area contributed by atoms with E-state index in [2.05, 4.69) is 15.9 Å². The maximum absolute atomic E-state index is 13.3. The lowest BCUT2D eigenvalue weighted by molar-refractivity contribution is -0.138. The molecule has 0 spiro atoms. The van der Waals surface area contributed by atoms with Gasteiger partial charge < -0.3 is 4.74 Å². The smallest absolute Gasteiger partial charge is 0.335 e. The first kappa shape index (κ1) is 19.8. The summed E-state index contributed by atoms with van der Waals surface area (Å²) >= 11 is 3.38. The van der Waals surface area contributed by atoms with Crippen molar-refractivity contribution in [3.05, 3.63) is 75.8 Å². The van der Waals surface area contributed by atoms with Gasteiger partial charge in [-0.2, -0.15) is 4.31 Å². The predicted octanol–water partition coefficient (Wildman–Crippen LogP) is 3.99. The third-order valence-corrected chi connectivity index (χ3v) is 6.77. The number of ether oxygens (including phenoxy) is 1. The van der Waals surface area contributed by atoms with Crippen LogP contribution in [0.1, 0.15) is 24.1 Å². The number of carbonyl (C=O) groups excluding carboxylic acids is 1. The van der Waals surface area contributed by atoms with Crippen molar-refractivity contribution in [3.8, 4) is 0 Å². The zero-order valence-electron chi connectivity index (χ0n) is 15.1. The quantitative estimate of drug-likeness (QED) is 0.647. The normalized spacial score (nSPS) is 17.6. The Morgan fingerprint density at radius 2 is 1.78 bits per heavy atom. The maximum Gasteiger partial charge on any atom is 0.335 e. The van der Waals surface area contributed by atoms with Crippen LogP contribution in [-0.2, 0) is 19.6 Å². The fourth-order valence-electron chi connectivity index (χ4n) is 3.04. The van der Waals surface area contributed by atoms with Crippen molar-refractivity contribution in [1.82, 2.24) is 4.31 Å². The molecule has 0 bridgehead atoms. The second-order valence-corrected chi connectivity index (χ2v) is 9.03. The average molecular weight is 450 g/mol. The molecule has 1 aliphatic rings. The number of aryl methyl sites for hydroxylation is 1. The molecule has 0 radical (unpaired) electrons. The number of sulfonamides is 1. The topological polar surface area (TPSA) is 63.7 Å². The number of benzene rings is 2. The molecule has 0 unspecified atom stereocenters. The van der Waals surface area contributed by atoms with Gasteiger partial charge in [0.25, 0.3) is 0 Å². The van der Waals surface area contributed by atoms with E-state index in [4.69, 9.17) is 4.74 Å². The van der Waals surface area contributed by atoms with Gasteiger partial charge in [-0.15, -0.1) is 0 Å². The maximum atomic E-state index is 13.3. The molecule has 0 saturated carbocycles. The predicted molar refractivity (Wildman–Crippen MR) is 107 cm³/mol. The highest BCUT2D eigenvalue weighted by molar-refractivity contribution is 9.10. The summed E-state index contributed by atoms with van der Waals surface area (Å²) in [5, 5.41) is 0. The zero-order valence-corrected chi connectivity index (χ0v) is 17.5. The number of rotatable bonds is 5. The lowest BCUT2D eigenvalue weighted by atomic mass is 10.0. The lowest BCUT2D eigenvalue weighted by Crippen LogP contribution is -2.33. The van der Waals surface area contributed by atoms with E-state index in [9.17, 15) is 13.2 Å². The van der Waals surface area contributed by atoms with Crippen LogP contribution in [0.15, 0.2) is 69.5 Å². The summed E-state index contributed by atoms with van der Waals surface area (Å²) in [4.78, 5) is 12.6. The summed E-state index contributed by atoms with van der Waals surface area (Å²) in [6.07, 6.45) is 1.64. The number of hydrogen-bond acceptors (Lipinski definition) is 4. The molecule has 0 fully saturated rings. The summed E-state index contributed by atoms with van der Waals surface area (Å²) in [5.41, 5.74) is 2.03. The van der Waals surface area contributed by atoms with Gasteiger partial charge in [0.15, 0.2) is 0 Å². The molecule has 0 N–H and O–H groups in total. The lowest BCUT2D eigenvalue weighted by Gasteiger charge is -2.26. The highest BCUT2D eigenvalue weighted by Crippen LogP contribution is 2.38. The van der Waals surface area contributed by atoms with Crippen molar-refractivity contribution in [2.45, 2.75) is 24.8 Å². The molecule has 3 rings (SSSR count). The van der Waals surface area contributed by atoms with Crippen LogP contribution in [0.4, 0.5) is 0 Å². The summed E-state index contributed by atoms with van der Waals surface area (Å²) in [6, 6.07) is 13.3. The van der Waals surface area contributed by atoms with Gasteiger partial charge in [0, 0.05) is 11.0 Å². The van der Waals surface area contributed by atoms with Gasteiger partial charge in [-0.3, -0.25) is 0 Å². The number of hydrogen-bond donors (Lipinski definition) is 0. The first-order valence-electron chi connectivity index (χ1n) is 8.55. The van der Waals surface area contributed by atoms with Crippen molar-refractivity contribution in [1.29, 1.82) is 0 Å². The van der Waals surface area contributed by atoms with Gasteiger partial charge >= 0.3 is 5.97 Å². The molecule has 5 nitrogen and oxygen atoms in total. The third kappa shape index (κ3) is 4.00. The molecule has 27 heavy (non-hydrogen) atoms. The fraction of sp³-hybridized carbons (Fsp3) is 0.250. The fourth-order valence-corrected chi connectivity index (χ4v) is 4.84. The Hall–Kier alpha value is -1.96. The molecule has 0 amide bonds. The molecular formula is C20H20BrNO4S. The van der Waals surface area contributed by atoms with Crippen LogP contribution in [0.3, 0.4) is 0 Å². The SMILES string of the molecule is CCOC(=O)C1=CCN(S(=O)(=O)c2ccc(C)cc2)[C@@H]1c1ccc(Br)cc1. The number of halogens is 1. The minimum absolute atomic E-state index is 0.116. The molecule has 7 heteroatoms. The van der Waals surface area contributed by atoms with Gasteiger partial charge in [-0.1, -0.05) is 51.8 Å². The Morgan fingerprint density at radius 3 is 2.37 bits per heavy atom. The van der Waals surface area contributed by atoms with Gasteiger partial charge in [-0.25, -0.2) is 13.2 Å². The molecule has 1 heterocycles. The van der Waals surface area contributed by atoms with Crippen LogP contribution in [0.5, 0.6) is 0 Å². The number of esters is 1. The Kier molecular flexibility index (Phi) is 5.83. The molecule has 0 aromatic heterocycles. The van der Waals surface area contributed by atoms with Crippen molar-refractivity contribution in [2.24, 2.45) is 0 Å². The zero-order chi connectivity index (χ0) is 19.6. The molecule has 2 aromatic carbocycles. The highest BCUT2D eigenvalue weighted by atomic mass is 79.9. The first-order chi connectivity index (χ1) is 12.8. The van der Waals surface area contributed by atoms with Crippen LogP contribution in [0, 0.1) is 6.92 Å². The van der Waals surface area contributed by atoms with Crippen LogP contribution in [0.2, 0.25) is 0 Å². The van der Waals surface area contributed by atoms with E-state index in [1.807, 2.05) is 31.2 Å². The van der Waals surface area contributed by atoms with Crippen LogP contribution >= 0.6 is 15.9 Å². The van der Waals surface area contributed by atoms with Gasteiger partial charge in [0.05, 0.1) is 23.1 Å². The number of carbonyl (C=O) groups is 1. The van der Waals surface area contributed by atoms with E-state index in [-0.39, 0.29) is 18.0 Å². The summed E-state index contributed by atoms with van der Waals surface area (Å²) in [6.45, 7) is 3.97. The van der Waals surface area contributed by atoms with Crippen LogP contribution in [-0.4, -0.2) is 31.8 Å². The van der Waals surface area contributed by atoms with E-state index >= 15 is 0 Å². The van der Waals surface area contributed by atoms with Crippen molar-refractivity contribution >= 4 is 31.9 Å². The van der Waals surface area contributed by atoms with Crippen molar-refractivity contribution in [3.63, 3.8) is 0 Å². The summed E-state index contributed by atoms with van der Waals surface area (Å²) in [5.74, 6) is -0.493. The molecule has 2 aromatic rings. The molecule has 0 saturated heterocycles. The Bertz CT molecular complexity index is 966. The molecule has 1 atom stereocenters. The second-order valence-electron chi connectivity index (χ2n) is 6.22. The van der Waals surface area contributed by atoms with Gasteiger partial charge in [-0.05, 0) is 43.7 Å². The van der Waals surface area contributed by atoms with Crippen LogP contribution < -0.4 is 0 Å². The van der Waals surface area contributed by atoms with E-state index < -0.39 is 22.0 Å². The monoisotopic (exact) mass is 449 g/mol. The van der Waals surface area contributed by atoms with Crippen molar-refractivity contribution in [2.75, 3.05) is 13.2 Å². The Labute approximate surface area is 167 Å². The molecule has 0 aliphatic carbocycles. The van der Waals surface area contributed by atoms with Gasteiger partial charge in [0.1, 0.15) is 0 Å². The minimum Gasteiger partial charge on any atom is -0.463 e. The Balaban J connectivity index is 2.05. The minimum atomic E-state index is -3.78. The van der Waals surface area contributed by atoms with E-state index in [1.54, 1.807) is 37.3 Å². The van der Waals surface area contributed by atoms with Crippen molar-refractivity contribution < 1.29 is 17.9 Å². The summed E-state index contributed by atoms with van der Waals surface area (Å²) in [7, 11) is -3.78. The highest BCUT2D eigenvalue weighted by Gasteiger charge is 2.40. The molecule has 1 aliphatic heterocycles. The largest absolute Gasteiger partial charge is 0.463 e. The van der Waals surface area contributed by atoms with E-state index in [1.165, 1.54) is 4.31 Å². The van der Waals surface area contributed by atoms with Crippen LogP contribution in [0.25, 0.3) is 0 Å². The van der Waals surface area contributed by atoms with E-state index in [0.29, 0.717) is 11.1 Å². The third-order valence-electron chi connectivity index (χ3n) is 4.40. The number of nitrogens with zero attached hydrogens (tertiary/aromatic N) is 1. The van der Waals surface area contributed by atoms with E-state index in [0.717, 1.165) is 10.0 Å². The molecule has 142 valence electrons. The second kappa shape index (κ2) is 7.96. The average Bonchev–Trinajstić information content (AvgIpc) is 3.09. The molecular weight excluding hydrogens is 430 g/mol. The standard InChI is InChI=1S/C20H20BrNO4S/c1-3-26-20(23)18-12-13-22(19(18)15-6-8-16(21)9-7-15)27(24,25)17-10-4-14(2)5-11-17/h4-12,19H,3,13H2,1-2H3/t19-/m1/s1. The first-order valence-corrected chi connectivity index (χ1v) is 10.8.